The van der Waals surface area contributed by atoms with Gasteiger partial charge in [-0.25, -0.2) is 0 Å². The molecule has 0 amide bonds. The summed E-state index contributed by atoms with van der Waals surface area (Å²) in [5, 5.41) is 0. The number of hydrogen-bond donors (Lipinski definition) is 0. The Morgan fingerprint density at radius 3 is 0.879 bits per heavy atom. The Morgan fingerprint density at radius 1 is 0.424 bits per heavy atom. The van der Waals surface area contributed by atoms with Crippen molar-refractivity contribution in [3.8, 4) is 0 Å². The predicted octanol–water partition coefficient (Wildman–Crippen LogP) is 6.94. The van der Waals surface area contributed by atoms with Crippen LogP contribution in [0.15, 0.2) is 0 Å². The Bertz CT molecular complexity index is 341. The summed E-state index contributed by atoms with van der Waals surface area (Å²) in [7, 11) is -5.14. The fraction of sp³-hybridized carbons (Fsp3) is 1.00. The molecule has 0 aliphatic rings. The lowest BCUT2D eigenvalue weighted by Gasteiger charge is -2.30. The van der Waals surface area contributed by atoms with E-state index in [1.165, 1.54) is 0 Å². The Balaban J connectivity index is 4.60. The first-order chi connectivity index (χ1) is 16.1. The molecule has 0 radical (unpaired) electrons. The van der Waals surface area contributed by atoms with Crippen LogP contribution < -0.4 is 0 Å². The standard InChI is InChI=1S/C24H54O6SSi2/c1-7-15-25-32(26-16-8-2,27-17-9-3)23-13-21-31-22-14-24-33(28-18-10-4,29-19-11-5)30-20-12-6/h7-24H2,1-6H3. The minimum absolute atomic E-state index is 0.715. The zero-order valence-electron chi connectivity index (χ0n) is 22.6. The van der Waals surface area contributed by atoms with Gasteiger partial charge < -0.3 is 26.6 Å². The second-order valence-electron chi connectivity index (χ2n) is 8.28. The Morgan fingerprint density at radius 2 is 0.667 bits per heavy atom. The van der Waals surface area contributed by atoms with Crippen LogP contribution in [0.4, 0.5) is 0 Å². The van der Waals surface area contributed by atoms with Gasteiger partial charge in [-0.15, -0.1) is 0 Å². The molecule has 0 unspecified atom stereocenters. The highest BCUT2D eigenvalue weighted by molar-refractivity contribution is 7.99. The molecule has 0 heterocycles. The summed E-state index contributed by atoms with van der Waals surface area (Å²) < 4.78 is 37.3. The Kier molecular flexibility index (Phi) is 23.4. The number of rotatable bonds is 26. The van der Waals surface area contributed by atoms with Crippen molar-refractivity contribution in [2.75, 3.05) is 51.1 Å². The van der Waals surface area contributed by atoms with Crippen molar-refractivity contribution in [1.82, 2.24) is 0 Å². The maximum atomic E-state index is 6.21. The summed E-state index contributed by atoms with van der Waals surface area (Å²) >= 11 is 1.99. The van der Waals surface area contributed by atoms with Gasteiger partial charge in [0.2, 0.25) is 0 Å². The fourth-order valence-electron chi connectivity index (χ4n) is 3.11. The Hall–Kier alpha value is 0.544. The monoisotopic (exact) mass is 526 g/mol. The van der Waals surface area contributed by atoms with E-state index >= 15 is 0 Å². The van der Waals surface area contributed by atoms with Crippen molar-refractivity contribution < 1.29 is 26.6 Å². The maximum absolute atomic E-state index is 6.21. The zero-order chi connectivity index (χ0) is 24.7. The zero-order valence-corrected chi connectivity index (χ0v) is 25.4. The topological polar surface area (TPSA) is 55.4 Å². The van der Waals surface area contributed by atoms with Crippen LogP contribution in [0.25, 0.3) is 0 Å². The van der Waals surface area contributed by atoms with E-state index in [0.29, 0.717) is 39.6 Å². The molecule has 0 N–H and O–H groups in total. The molecule has 33 heavy (non-hydrogen) atoms. The molecular weight excluding hydrogens is 472 g/mol. The van der Waals surface area contributed by atoms with E-state index in [-0.39, 0.29) is 0 Å². The second-order valence-corrected chi connectivity index (χ2v) is 15.0. The van der Waals surface area contributed by atoms with Gasteiger partial charge in [0.15, 0.2) is 0 Å². The van der Waals surface area contributed by atoms with E-state index in [9.17, 15) is 0 Å². The van der Waals surface area contributed by atoms with E-state index in [4.69, 9.17) is 26.6 Å². The molecule has 0 aliphatic carbocycles. The van der Waals surface area contributed by atoms with Gasteiger partial charge in [-0.1, -0.05) is 41.5 Å². The van der Waals surface area contributed by atoms with Crippen LogP contribution in [0.5, 0.6) is 0 Å². The molecule has 0 aromatic carbocycles. The minimum atomic E-state index is -2.57. The maximum Gasteiger partial charge on any atom is 0.500 e. The van der Waals surface area contributed by atoms with E-state index in [0.717, 1.165) is 75.0 Å². The van der Waals surface area contributed by atoms with Gasteiger partial charge in [0, 0.05) is 51.7 Å². The highest BCUT2D eigenvalue weighted by Crippen LogP contribution is 2.24. The van der Waals surface area contributed by atoms with Crippen LogP contribution >= 0.6 is 11.8 Å². The lowest BCUT2D eigenvalue weighted by molar-refractivity contribution is 0.0586. The second kappa shape index (κ2) is 23.0. The van der Waals surface area contributed by atoms with Crippen molar-refractivity contribution in [2.24, 2.45) is 0 Å². The molecule has 0 bridgehead atoms. The minimum Gasteiger partial charge on any atom is -0.373 e. The molecule has 6 nitrogen and oxygen atoms in total. The first-order valence-electron chi connectivity index (χ1n) is 13.5. The first-order valence-corrected chi connectivity index (χ1v) is 18.5. The number of hydrogen-bond acceptors (Lipinski definition) is 7. The highest BCUT2D eigenvalue weighted by atomic mass is 32.2. The van der Waals surface area contributed by atoms with Crippen LogP contribution in [-0.2, 0) is 26.6 Å². The van der Waals surface area contributed by atoms with E-state index < -0.39 is 17.6 Å². The van der Waals surface area contributed by atoms with Gasteiger partial charge in [0.1, 0.15) is 0 Å². The van der Waals surface area contributed by atoms with Gasteiger partial charge in [-0.2, -0.15) is 11.8 Å². The van der Waals surface area contributed by atoms with Crippen molar-refractivity contribution in [3.63, 3.8) is 0 Å². The summed E-state index contributed by atoms with van der Waals surface area (Å²) in [4.78, 5) is 0. The normalized spacial score (nSPS) is 12.5. The van der Waals surface area contributed by atoms with Gasteiger partial charge in [0.05, 0.1) is 0 Å². The van der Waals surface area contributed by atoms with Crippen LogP contribution in [-0.4, -0.2) is 68.8 Å². The molecule has 0 spiro atoms. The summed E-state index contributed by atoms with van der Waals surface area (Å²) in [5.41, 5.74) is 0. The van der Waals surface area contributed by atoms with E-state index in [1.54, 1.807) is 0 Å². The molecule has 9 heteroatoms. The van der Waals surface area contributed by atoms with Crippen LogP contribution in [0.3, 0.4) is 0 Å². The summed E-state index contributed by atoms with van der Waals surface area (Å²) in [5.74, 6) is 2.18. The summed E-state index contributed by atoms with van der Waals surface area (Å²) in [6.07, 6.45) is 8.03. The fourth-order valence-corrected chi connectivity index (χ4v) is 10.2. The summed E-state index contributed by atoms with van der Waals surface area (Å²) in [6, 6.07) is 1.80. The first kappa shape index (κ1) is 33.5. The average Bonchev–Trinajstić information content (AvgIpc) is 2.84. The SMILES string of the molecule is CCCO[Si](CCCSCCC[Si](OCCC)(OCCC)OCCC)(OCCC)OCCC. The molecule has 0 rings (SSSR count). The van der Waals surface area contributed by atoms with Crippen LogP contribution in [0, 0.1) is 0 Å². The van der Waals surface area contributed by atoms with Crippen molar-refractivity contribution in [1.29, 1.82) is 0 Å². The lowest BCUT2D eigenvalue weighted by Crippen LogP contribution is -2.46. The molecule has 0 fully saturated rings. The molecular formula is C24H54O6SSi2. The molecule has 0 atom stereocenters. The van der Waals surface area contributed by atoms with Crippen molar-refractivity contribution >= 4 is 29.4 Å². The summed E-state index contributed by atoms with van der Waals surface area (Å²) in [6.45, 7) is 17.1. The van der Waals surface area contributed by atoms with Gasteiger partial charge in [-0.3, -0.25) is 0 Å². The number of thioether (sulfide) groups is 1. The van der Waals surface area contributed by atoms with Gasteiger partial charge >= 0.3 is 17.6 Å². The van der Waals surface area contributed by atoms with Crippen molar-refractivity contribution in [3.05, 3.63) is 0 Å². The third-order valence-electron chi connectivity index (χ3n) is 4.70. The van der Waals surface area contributed by atoms with Gasteiger partial charge in [-0.05, 0) is 62.9 Å². The highest BCUT2D eigenvalue weighted by Gasteiger charge is 2.41. The average molecular weight is 527 g/mol. The quantitative estimate of drug-likeness (QED) is 0.0894. The molecule has 200 valence electrons. The largest absolute Gasteiger partial charge is 0.500 e. The van der Waals surface area contributed by atoms with Crippen LogP contribution in [0.1, 0.15) is 92.9 Å². The molecule has 0 saturated carbocycles. The molecule has 0 saturated heterocycles. The lowest BCUT2D eigenvalue weighted by atomic mass is 10.5. The molecule has 0 aromatic heterocycles. The molecule has 0 aromatic rings. The van der Waals surface area contributed by atoms with Gasteiger partial charge in [0.25, 0.3) is 0 Å². The van der Waals surface area contributed by atoms with Crippen LogP contribution in [0.2, 0.25) is 12.1 Å². The molecule has 0 aliphatic heterocycles. The third kappa shape index (κ3) is 16.8. The smallest absolute Gasteiger partial charge is 0.373 e. The third-order valence-corrected chi connectivity index (χ3v) is 11.7. The van der Waals surface area contributed by atoms with E-state index in [2.05, 4.69) is 41.5 Å². The predicted molar refractivity (Wildman–Crippen MR) is 145 cm³/mol. The van der Waals surface area contributed by atoms with E-state index in [1.807, 2.05) is 11.8 Å². The van der Waals surface area contributed by atoms with Crippen molar-refractivity contribution in [2.45, 2.75) is 105 Å². The Labute approximate surface area is 211 Å².